The molecule has 0 amide bonds. The van der Waals surface area contributed by atoms with Crippen LogP contribution in [0.4, 0.5) is 0 Å². The van der Waals surface area contributed by atoms with E-state index in [0.29, 0.717) is 0 Å². The molecular formula is C14H12N2S. The molecule has 2 heterocycles. The van der Waals surface area contributed by atoms with Crippen molar-refractivity contribution in [3.05, 3.63) is 64.9 Å². The fourth-order valence-electron chi connectivity index (χ4n) is 1.82. The van der Waals surface area contributed by atoms with Crippen molar-refractivity contribution in [1.29, 1.82) is 0 Å². The van der Waals surface area contributed by atoms with Crippen LogP contribution in [-0.4, -0.2) is 9.97 Å². The summed E-state index contributed by atoms with van der Waals surface area (Å²) >= 11 is 1.79. The minimum Gasteiger partial charge on any atom is -0.348 e. The van der Waals surface area contributed by atoms with Crippen LogP contribution in [0.5, 0.6) is 0 Å². The quantitative estimate of drug-likeness (QED) is 0.742. The Kier molecular flexibility index (Phi) is 2.76. The van der Waals surface area contributed by atoms with Crippen LogP contribution in [0, 0.1) is 0 Å². The van der Waals surface area contributed by atoms with Crippen molar-refractivity contribution in [1.82, 2.24) is 9.97 Å². The van der Waals surface area contributed by atoms with Gasteiger partial charge in [0, 0.05) is 23.2 Å². The molecule has 2 aromatic heterocycles. The average molecular weight is 240 g/mol. The van der Waals surface area contributed by atoms with Gasteiger partial charge in [-0.1, -0.05) is 30.3 Å². The lowest BCUT2D eigenvalue weighted by molar-refractivity contribution is 1.13. The molecule has 0 aliphatic carbocycles. The van der Waals surface area contributed by atoms with E-state index in [1.54, 1.807) is 17.7 Å². The minimum atomic E-state index is 0.928. The second kappa shape index (κ2) is 4.55. The molecular weight excluding hydrogens is 228 g/mol. The van der Waals surface area contributed by atoms with Crippen LogP contribution in [0.25, 0.3) is 11.1 Å². The zero-order valence-electron chi connectivity index (χ0n) is 9.26. The summed E-state index contributed by atoms with van der Waals surface area (Å²) in [6, 6.07) is 12.7. The Morgan fingerprint density at radius 2 is 2.00 bits per heavy atom. The Hall–Kier alpha value is -1.87. The molecule has 0 unspecified atom stereocenters. The number of aromatic amines is 1. The third-order valence-corrected chi connectivity index (χ3v) is 3.62. The van der Waals surface area contributed by atoms with Gasteiger partial charge in [0.05, 0.1) is 6.33 Å². The molecule has 3 rings (SSSR count). The van der Waals surface area contributed by atoms with E-state index in [-0.39, 0.29) is 0 Å². The average Bonchev–Trinajstić information content (AvgIpc) is 3.02. The maximum absolute atomic E-state index is 4.03. The molecule has 0 fully saturated rings. The number of benzene rings is 1. The molecule has 0 aliphatic rings. The van der Waals surface area contributed by atoms with Crippen molar-refractivity contribution >= 4 is 11.3 Å². The Morgan fingerprint density at radius 3 is 2.76 bits per heavy atom. The molecule has 0 aliphatic heterocycles. The van der Waals surface area contributed by atoms with Gasteiger partial charge >= 0.3 is 0 Å². The Balaban J connectivity index is 1.84. The van der Waals surface area contributed by atoms with Crippen LogP contribution in [-0.2, 0) is 6.42 Å². The normalized spacial score (nSPS) is 10.6. The van der Waals surface area contributed by atoms with Gasteiger partial charge in [0.25, 0.3) is 0 Å². The summed E-state index contributed by atoms with van der Waals surface area (Å²) in [5.41, 5.74) is 3.73. The number of hydrogen-bond donors (Lipinski definition) is 1. The van der Waals surface area contributed by atoms with Gasteiger partial charge in [-0.15, -0.1) is 11.3 Å². The molecule has 17 heavy (non-hydrogen) atoms. The van der Waals surface area contributed by atoms with E-state index in [0.717, 1.165) is 12.1 Å². The Morgan fingerprint density at radius 1 is 1.12 bits per heavy atom. The number of aromatic nitrogens is 2. The lowest BCUT2D eigenvalue weighted by Gasteiger charge is -1.95. The predicted molar refractivity (Wildman–Crippen MR) is 71.1 cm³/mol. The van der Waals surface area contributed by atoms with Crippen molar-refractivity contribution in [3.8, 4) is 11.1 Å². The molecule has 1 aromatic carbocycles. The van der Waals surface area contributed by atoms with E-state index in [1.165, 1.54) is 16.0 Å². The van der Waals surface area contributed by atoms with E-state index in [9.17, 15) is 0 Å². The van der Waals surface area contributed by atoms with Gasteiger partial charge in [-0.3, -0.25) is 0 Å². The summed E-state index contributed by atoms with van der Waals surface area (Å²) in [4.78, 5) is 8.52. The molecule has 2 nitrogen and oxygen atoms in total. The zero-order chi connectivity index (χ0) is 11.5. The maximum atomic E-state index is 4.03. The number of nitrogens with one attached hydrogen (secondary N) is 1. The molecule has 3 aromatic rings. The monoisotopic (exact) mass is 240 g/mol. The Bertz CT molecular complexity index is 582. The van der Waals surface area contributed by atoms with Crippen LogP contribution >= 0.6 is 11.3 Å². The predicted octanol–water partition coefficient (Wildman–Crippen LogP) is 3.73. The van der Waals surface area contributed by atoms with Gasteiger partial charge in [0.1, 0.15) is 0 Å². The minimum absolute atomic E-state index is 0.928. The van der Waals surface area contributed by atoms with Crippen LogP contribution in [0.1, 0.15) is 10.6 Å². The number of imidazole rings is 1. The van der Waals surface area contributed by atoms with Crippen molar-refractivity contribution in [2.45, 2.75) is 6.42 Å². The number of rotatable bonds is 3. The molecule has 0 saturated carbocycles. The summed E-state index contributed by atoms with van der Waals surface area (Å²) < 4.78 is 0. The second-order valence-corrected chi connectivity index (χ2v) is 4.92. The molecule has 0 saturated heterocycles. The van der Waals surface area contributed by atoms with Crippen molar-refractivity contribution in [2.75, 3.05) is 0 Å². The van der Waals surface area contributed by atoms with Crippen molar-refractivity contribution in [3.63, 3.8) is 0 Å². The van der Waals surface area contributed by atoms with Crippen LogP contribution < -0.4 is 0 Å². The molecule has 84 valence electrons. The number of thiophene rings is 1. The first-order valence-electron chi connectivity index (χ1n) is 5.52. The lowest BCUT2D eigenvalue weighted by atomic mass is 10.1. The molecule has 3 heteroatoms. The standard InChI is InChI=1S/C14H12N2S/c1-2-4-11(5-3-1)12-6-14(17-9-12)7-13-8-15-10-16-13/h1-6,8-10H,7H2,(H,15,16). The van der Waals surface area contributed by atoms with E-state index < -0.39 is 0 Å². The summed E-state index contributed by atoms with van der Waals surface area (Å²) in [5, 5.41) is 2.21. The Labute approximate surface area is 104 Å². The van der Waals surface area contributed by atoms with Gasteiger partial charge in [0.15, 0.2) is 0 Å². The summed E-state index contributed by atoms with van der Waals surface area (Å²) in [6.07, 6.45) is 4.53. The highest BCUT2D eigenvalue weighted by molar-refractivity contribution is 7.10. The third kappa shape index (κ3) is 2.29. The van der Waals surface area contributed by atoms with E-state index in [1.807, 2.05) is 12.3 Å². The molecule has 0 radical (unpaired) electrons. The van der Waals surface area contributed by atoms with Crippen LogP contribution in [0.15, 0.2) is 54.3 Å². The van der Waals surface area contributed by atoms with E-state index in [4.69, 9.17) is 0 Å². The summed E-state index contributed by atoms with van der Waals surface area (Å²) in [7, 11) is 0. The van der Waals surface area contributed by atoms with E-state index >= 15 is 0 Å². The van der Waals surface area contributed by atoms with Crippen LogP contribution in [0.2, 0.25) is 0 Å². The molecule has 0 spiro atoms. The SMILES string of the molecule is c1ccc(-c2csc(Cc3cnc[nH]3)c2)cc1. The first-order valence-corrected chi connectivity index (χ1v) is 6.40. The highest BCUT2D eigenvalue weighted by Crippen LogP contribution is 2.26. The second-order valence-electron chi connectivity index (χ2n) is 3.92. The van der Waals surface area contributed by atoms with Crippen molar-refractivity contribution in [2.24, 2.45) is 0 Å². The number of H-pyrrole nitrogens is 1. The van der Waals surface area contributed by atoms with Gasteiger partial charge in [-0.05, 0) is 22.6 Å². The highest BCUT2D eigenvalue weighted by atomic mass is 32.1. The fourth-order valence-corrected chi connectivity index (χ4v) is 2.74. The fraction of sp³-hybridized carbons (Fsp3) is 0.0714. The first kappa shape index (κ1) is 10.3. The third-order valence-electron chi connectivity index (χ3n) is 2.68. The van der Waals surface area contributed by atoms with Crippen molar-refractivity contribution < 1.29 is 0 Å². The first-order chi connectivity index (χ1) is 8.42. The summed E-state index contributed by atoms with van der Waals surface area (Å²) in [5.74, 6) is 0. The highest BCUT2D eigenvalue weighted by Gasteiger charge is 2.03. The molecule has 0 bridgehead atoms. The smallest absolute Gasteiger partial charge is 0.0921 e. The number of hydrogen-bond acceptors (Lipinski definition) is 2. The summed E-state index contributed by atoms with van der Waals surface area (Å²) in [6.45, 7) is 0. The zero-order valence-corrected chi connectivity index (χ0v) is 10.1. The largest absolute Gasteiger partial charge is 0.348 e. The van der Waals surface area contributed by atoms with Gasteiger partial charge in [0.2, 0.25) is 0 Å². The van der Waals surface area contributed by atoms with Gasteiger partial charge < -0.3 is 4.98 Å². The maximum Gasteiger partial charge on any atom is 0.0921 e. The van der Waals surface area contributed by atoms with Crippen LogP contribution in [0.3, 0.4) is 0 Å². The van der Waals surface area contributed by atoms with Gasteiger partial charge in [-0.25, -0.2) is 4.98 Å². The molecule has 1 N–H and O–H groups in total. The van der Waals surface area contributed by atoms with Gasteiger partial charge in [-0.2, -0.15) is 0 Å². The van der Waals surface area contributed by atoms with E-state index in [2.05, 4.69) is 45.7 Å². The topological polar surface area (TPSA) is 28.7 Å². The molecule has 0 atom stereocenters. The number of nitrogens with zero attached hydrogens (tertiary/aromatic N) is 1. The lowest BCUT2D eigenvalue weighted by Crippen LogP contribution is -1.82.